The predicted molar refractivity (Wildman–Crippen MR) is 102 cm³/mol. The van der Waals surface area contributed by atoms with E-state index in [9.17, 15) is 14.0 Å². The molecule has 0 saturated carbocycles. The number of amides is 2. The van der Waals surface area contributed by atoms with E-state index in [1.165, 1.54) is 12.1 Å². The summed E-state index contributed by atoms with van der Waals surface area (Å²) in [6.45, 7) is 4.17. The number of hydrogen-bond donors (Lipinski definition) is 1. The van der Waals surface area contributed by atoms with Crippen LogP contribution in [0.15, 0.2) is 48.8 Å². The Balaban J connectivity index is 1.83. The quantitative estimate of drug-likeness (QED) is 0.726. The Morgan fingerprint density at radius 2 is 1.63 bits per heavy atom. The molecule has 2 amide bonds. The summed E-state index contributed by atoms with van der Waals surface area (Å²) in [6, 6.07) is 9.97. The molecule has 1 aromatic heterocycles. The third kappa shape index (κ3) is 5.88. The van der Waals surface area contributed by atoms with Gasteiger partial charge in [0.05, 0.1) is 0 Å². The van der Waals surface area contributed by atoms with Crippen molar-refractivity contribution in [2.45, 2.75) is 26.7 Å². The highest BCUT2D eigenvalue weighted by atomic mass is 19.1. The minimum Gasteiger partial charge on any atom is -0.355 e. The zero-order chi connectivity index (χ0) is 19.9. The number of nitrogens with one attached hydrogen (secondary N) is 1. The lowest BCUT2D eigenvalue weighted by Gasteiger charge is -2.28. The average Bonchev–Trinajstić information content (AvgIpc) is 2.67. The summed E-state index contributed by atoms with van der Waals surface area (Å²) in [6.07, 6.45) is 4.71. The molecule has 1 aromatic carbocycles. The molecule has 0 aliphatic carbocycles. The SMILES string of the molecule is CN(CCc1ccncc1)C(=O)C(C)(C)C(=O)NCCc1ccc(F)cc1. The Hall–Kier alpha value is -2.76. The van der Waals surface area contributed by atoms with Crippen molar-refractivity contribution in [3.05, 3.63) is 65.7 Å². The number of rotatable bonds is 8. The molecule has 0 aliphatic heterocycles. The van der Waals surface area contributed by atoms with E-state index in [-0.39, 0.29) is 17.6 Å². The minimum atomic E-state index is -1.16. The number of hydrogen-bond acceptors (Lipinski definition) is 3. The van der Waals surface area contributed by atoms with E-state index in [4.69, 9.17) is 0 Å². The zero-order valence-electron chi connectivity index (χ0n) is 16.0. The Bertz CT molecular complexity index is 761. The molecule has 0 radical (unpaired) electrons. The predicted octanol–water partition coefficient (Wildman–Crippen LogP) is 2.61. The molecule has 0 atom stereocenters. The molecule has 144 valence electrons. The molecule has 2 rings (SSSR count). The molecule has 1 heterocycles. The first kappa shape index (κ1) is 20.6. The van der Waals surface area contributed by atoms with Crippen LogP contribution in [0.3, 0.4) is 0 Å². The molecule has 1 N–H and O–H groups in total. The van der Waals surface area contributed by atoms with Gasteiger partial charge in [0.15, 0.2) is 0 Å². The fourth-order valence-corrected chi connectivity index (χ4v) is 2.71. The largest absolute Gasteiger partial charge is 0.355 e. The van der Waals surface area contributed by atoms with E-state index in [0.717, 1.165) is 11.1 Å². The van der Waals surface area contributed by atoms with Crippen LogP contribution in [0.1, 0.15) is 25.0 Å². The Morgan fingerprint density at radius 1 is 1.04 bits per heavy atom. The summed E-state index contributed by atoms with van der Waals surface area (Å²) < 4.78 is 12.9. The number of benzene rings is 1. The van der Waals surface area contributed by atoms with Crippen molar-refractivity contribution in [2.75, 3.05) is 20.1 Å². The lowest BCUT2D eigenvalue weighted by molar-refractivity contribution is -0.147. The molecule has 0 unspecified atom stereocenters. The Labute approximate surface area is 159 Å². The van der Waals surface area contributed by atoms with Crippen molar-refractivity contribution in [1.29, 1.82) is 0 Å². The van der Waals surface area contributed by atoms with Gasteiger partial charge in [0.1, 0.15) is 11.2 Å². The van der Waals surface area contributed by atoms with Crippen LogP contribution in [0.2, 0.25) is 0 Å². The summed E-state index contributed by atoms with van der Waals surface area (Å²) in [4.78, 5) is 30.8. The maximum Gasteiger partial charge on any atom is 0.237 e. The van der Waals surface area contributed by atoms with Gasteiger partial charge in [-0.25, -0.2) is 4.39 Å². The third-order valence-electron chi connectivity index (χ3n) is 4.55. The molecule has 2 aromatic rings. The van der Waals surface area contributed by atoms with Gasteiger partial charge >= 0.3 is 0 Å². The van der Waals surface area contributed by atoms with Gasteiger partial charge in [0.2, 0.25) is 11.8 Å². The first-order valence-electron chi connectivity index (χ1n) is 8.98. The number of carbonyl (C=O) groups excluding carboxylic acids is 2. The Kier molecular flexibility index (Phi) is 7.05. The monoisotopic (exact) mass is 371 g/mol. The maximum atomic E-state index is 12.9. The van der Waals surface area contributed by atoms with E-state index >= 15 is 0 Å². The van der Waals surface area contributed by atoms with Crippen LogP contribution in [0, 0.1) is 11.2 Å². The van der Waals surface area contributed by atoms with Crippen molar-refractivity contribution in [2.24, 2.45) is 5.41 Å². The van der Waals surface area contributed by atoms with Crippen molar-refractivity contribution in [1.82, 2.24) is 15.2 Å². The van der Waals surface area contributed by atoms with Gasteiger partial charge in [-0.15, -0.1) is 0 Å². The lowest BCUT2D eigenvalue weighted by Crippen LogP contribution is -2.49. The van der Waals surface area contributed by atoms with E-state index in [2.05, 4.69) is 10.3 Å². The van der Waals surface area contributed by atoms with Crippen LogP contribution >= 0.6 is 0 Å². The van der Waals surface area contributed by atoms with Gasteiger partial charge in [-0.05, 0) is 62.1 Å². The molecule has 0 aliphatic rings. The highest BCUT2D eigenvalue weighted by molar-refractivity contribution is 6.04. The van der Waals surface area contributed by atoms with Crippen LogP contribution < -0.4 is 5.32 Å². The van der Waals surface area contributed by atoms with Crippen molar-refractivity contribution in [3.63, 3.8) is 0 Å². The topological polar surface area (TPSA) is 62.3 Å². The van der Waals surface area contributed by atoms with Crippen LogP contribution in [0.5, 0.6) is 0 Å². The summed E-state index contributed by atoms with van der Waals surface area (Å²) in [5.41, 5.74) is 0.858. The highest BCUT2D eigenvalue weighted by Gasteiger charge is 2.37. The summed E-state index contributed by atoms with van der Waals surface area (Å²) in [5.74, 6) is -0.828. The van der Waals surface area contributed by atoms with Crippen LogP contribution in [-0.2, 0) is 22.4 Å². The zero-order valence-corrected chi connectivity index (χ0v) is 16.0. The molecular weight excluding hydrogens is 345 g/mol. The van der Waals surface area contributed by atoms with Crippen molar-refractivity contribution in [3.8, 4) is 0 Å². The van der Waals surface area contributed by atoms with Crippen LogP contribution in [-0.4, -0.2) is 41.8 Å². The van der Waals surface area contributed by atoms with Crippen molar-refractivity contribution >= 4 is 11.8 Å². The summed E-state index contributed by atoms with van der Waals surface area (Å²) in [7, 11) is 1.71. The first-order valence-corrected chi connectivity index (χ1v) is 8.98. The number of carbonyl (C=O) groups is 2. The van der Waals surface area contributed by atoms with Crippen LogP contribution in [0.25, 0.3) is 0 Å². The maximum absolute atomic E-state index is 12.9. The van der Waals surface area contributed by atoms with E-state index in [1.807, 2.05) is 12.1 Å². The van der Waals surface area contributed by atoms with Gasteiger partial charge in [0, 0.05) is 32.5 Å². The van der Waals surface area contributed by atoms with E-state index in [0.29, 0.717) is 25.9 Å². The molecule has 0 spiro atoms. The van der Waals surface area contributed by atoms with Crippen LogP contribution in [0.4, 0.5) is 4.39 Å². The van der Waals surface area contributed by atoms with E-state index in [1.54, 1.807) is 50.3 Å². The fourth-order valence-electron chi connectivity index (χ4n) is 2.71. The Morgan fingerprint density at radius 3 is 2.26 bits per heavy atom. The highest BCUT2D eigenvalue weighted by Crippen LogP contribution is 2.19. The second kappa shape index (κ2) is 9.26. The van der Waals surface area contributed by atoms with Crippen molar-refractivity contribution < 1.29 is 14.0 Å². The molecule has 6 heteroatoms. The molecule has 0 saturated heterocycles. The standard InChI is InChI=1S/C21H26FN3O2/c1-21(2,19(26)24-14-10-16-4-6-18(22)7-5-16)20(27)25(3)15-11-17-8-12-23-13-9-17/h4-9,12-13H,10-11,14-15H2,1-3H3,(H,24,26). The molecule has 5 nitrogen and oxygen atoms in total. The molecule has 0 fully saturated rings. The fraction of sp³-hybridized carbons (Fsp3) is 0.381. The summed E-state index contributed by atoms with van der Waals surface area (Å²) >= 11 is 0. The van der Waals surface area contributed by atoms with Gasteiger partial charge in [0.25, 0.3) is 0 Å². The van der Waals surface area contributed by atoms with Gasteiger partial charge in [-0.3, -0.25) is 14.6 Å². The number of nitrogens with zero attached hydrogens (tertiary/aromatic N) is 2. The van der Waals surface area contributed by atoms with Gasteiger partial charge in [-0.2, -0.15) is 0 Å². The third-order valence-corrected chi connectivity index (χ3v) is 4.55. The number of halogens is 1. The average molecular weight is 371 g/mol. The minimum absolute atomic E-state index is 0.226. The second-order valence-electron chi connectivity index (χ2n) is 7.09. The summed E-state index contributed by atoms with van der Waals surface area (Å²) in [5, 5.41) is 2.81. The molecular formula is C21H26FN3O2. The lowest BCUT2D eigenvalue weighted by atomic mass is 9.90. The number of likely N-dealkylation sites (N-methyl/N-ethyl adjacent to an activating group) is 1. The molecule has 27 heavy (non-hydrogen) atoms. The van der Waals surface area contributed by atoms with Gasteiger partial charge < -0.3 is 10.2 Å². The smallest absolute Gasteiger partial charge is 0.237 e. The van der Waals surface area contributed by atoms with E-state index < -0.39 is 5.41 Å². The normalized spacial score (nSPS) is 11.1. The number of pyridine rings is 1. The molecule has 0 bridgehead atoms. The van der Waals surface area contributed by atoms with Gasteiger partial charge in [-0.1, -0.05) is 12.1 Å². The second-order valence-corrected chi connectivity index (χ2v) is 7.09. The first-order chi connectivity index (χ1) is 12.8. The number of aromatic nitrogens is 1.